The topological polar surface area (TPSA) is 74.8 Å². The molecule has 0 amide bonds. The van der Waals surface area contributed by atoms with Crippen molar-refractivity contribution in [3.05, 3.63) is 113 Å². The minimum Gasteiger partial charge on any atom is -0.496 e. The van der Waals surface area contributed by atoms with E-state index in [9.17, 15) is 9.59 Å². The Kier molecular flexibility index (Phi) is 7.57. The number of rotatable bonds is 6. The van der Waals surface area contributed by atoms with Crippen molar-refractivity contribution < 1.29 is 14.3 Å². The van der Waals surface area contributed by atoms with Gasteiger partial charge in [-0.05, 0) is 88.2 Å². The van der Waals surface area contributed by atoms with Crippen molar-refractivity contribution in [1.82, 2.24) is 9.13 Å². The summed E-state index contributed by atoms with van der Waals surface area (Å²) in [5, 5.41) is 0.458. The fourth-order valence-electron chi connectivity index (χ4n) is 5.24. The standard InChI is InChI=1S/C31H30ClN3O4S/c1-7-39-30(37)27-19(4)33-31-35(28(27)24-16-22(32)11-12-25(24)38-6)29(36)26(40-31)15-21-14-18(3)34(20(21)5)23-10-8-9-17(2)13-23/h8-16,28H,7H2,1-6H3/b26-15-/t28-/m0/s1. The van der Waals surface area contributed by atoms with Crippen LogP contribution in [0.5, 0.6) is 5.75 Å². The first-order valence-corrected chi connectivity index (χ1v) is 14.1. The number of nitrogens with zero attached hydrogens (tertiary/aromatic N) is 3. The summed E-state index contributed by atoms with van der Waals surface area (Å²) in [6.07, 6.45) is 1.90. The fourth-order valence-corrected chi connectivity index (χ4v) is 6.46. The third kappa shape index (κ3) is 4.82. The molecule has 0 saturated heterocycles. The van der Waals surface area contributed by atoms with E-state index < -0.39 is 12.0 Å². The molecule has 40 heavy (non-hydrogen) atoms. The van der Waals surface area contributed by atoms with Crippen LogP contribution in [0.3, 0.4) is 0 Å². The molecule has 2 aromatic carbocycles. The first-order valence-electron chi connectivity index (χ1n) is 12.9. The monoisotopic (exact) mass is 575 g/mol. The smallest absolute Gasteiger partial charge is 0.338 e. The van der Waals surface area contributed by atoms with Gasteiger partial charge in [0.25, 0.3) is 5.56 Å². The van der Waals surface area contributed by atoms with E-state index >= 15 is 0 Å². The number of benzene rings is 2. The number of methoxy groups -OCH3 is 1. The number of thiazole rings is 1. The number of aromatic nitrogens is 2. The molecule has 1 aliphatic rings. The van der Waals surface area contributed by atoms with Gasteiger partial charge in [-0.3, -0.25) is 9.36 Å². The van der Waals surface area contributed by atoms with Gasteiger partial charge in [0, 0.05) is 27.7 Å². The van der Waals surface area contributed by atoms with E-state index in [4.69, 9.17) is 21.1 Å². The molecule has 0 radical (unpaired) electrons. The molecular formula is C31H30ClN3O4S. The van der Waals surface area contributed by atoms with Crippen LogP contribution in [0.1, 0.15) is 48.0 Å². The number of hydrogen-bond donors (Lipinski definition) is 0. The summed E-state index contributed by atoms with van der Waals surface area (Å²) in [6.45, 7) is 9.84. The molecule has 5 rings (SSSR count). The highest BCUT2D eigenvalue weighted by molar-refractivity contribution is 7.07. The molecule has 1 atom stereocenters. The van der Waals surface area contributed by atoms with Crippen molar-refractivity contribution in [2.24, 2.45) is 4.99 Å². The number of carbonyl (C=O) groups is 1. The lowest BCUT2D eigenvalue weighted by atomic mass is 9.95. The van der Waals surface area contributed by atoms with Gasteiger partial charge >= 0.3 is 5.97 Å². The number of esters is 1. The lowest BCUT2D eigenvalue weighted by Crippen LogP contribution is -2.40. The van der Waals surface area contributed by atoms with E-state index in [0.717, 1.165) is 22.6 Å². The van der Waals surface area contributed by atoms with E-state index in [1.54, 1.807) is 43.7 Å². The van der Waals surface area contributed by atoms with Crippen molar-refractivity contribution in [2.45, 2.75) is 40.7 Å². The molecule has 206 valence electrons. The van der Waals surface area contributed by atoms with Gasteiger partial charge in [-0.15, -0.1) is 0 Å². The third-order valence-electron chi connectivity index (χ3n) is 7.02. The number of carbonyl (C=O) groups excluding carboxylic acids is 1. The maximum absolute atomic E-state index is 14.1. The number of fused-ring (bicyclic) bond motifs is 1. The van der Waals surface area contributed by atoms with Crippen LogP contribution >= 0.6 is 22.9 Å². The zero-order valence-corrected chi connectivity index (χ0v) is 24.8. The predicted octanol–water partition coefficient (Wildman–Crippen LogP) is 5.18. The minimum absolute atomic E-state index is 0.190. The summed E-state index contributed by atoms with van der Waals surface area (Å²) < 4.78 is 15.3. The molecule has 9 heteroatoms. The first kappa shape index (κ1) is 27.7. The van der Waals surface area contributed by atoms with Crippen LogP contribution in [0.25, 0.3) is 11.8 Å². The Balaban J connectivity index is 1.73. The molecule has 0 N–H and O–H groups in total. The molecule has 0 saturated carbocycles. The summed E-state index contributed by atoms with van der Waals surface area (Å²) in [5.74, 6) is -0.0334. The zero-order chi connectivity index (χ0) is 28.7. The largest absolute Gasteiger partial charge is 0.496 e. The SMILES string of the molecule is CCOC(=O)C1=C(C)N=c2s/c(=C\c3cc(C)n(-c4cccc(C)c4)c3C)c(=O)n2[C@H]1c1cc(Cl)ccc1OC. The molecular weight excluding hydrogens is 546 g/mol. The van der Waals surface area contributed by atoms with Crippen molar-refractivity contribution in [1.29, 1.82) is 0 Å². The maximum Gasteiger partial charge on any atom is 0.338 e. The van der Waals surface area contributed by atoms with Gasteiger partial charge < -0.3 is 14.0 Å². The van der Waals surface area contributed by atoms with E-state index in [1.807, 2.05) is 19.1 Å². The molecule has 0 aliphatic carbocycles. The minimum atomic E-state index is -0.814. The number of aryl methyl sites for hydroxylation is 2. The Morgan fingerprint density at radius 3 is 2.60 bits per heavy atom. The Labute approximate surface area is 241 Å². The lowest BCUT2D eigenvalue weighted by Gasteiger charge is -2.26. The normalized spacial score (nSPS) is 15.2. The van der Waals surface area contributed by atoms with Crippen LogP contribution in [0.4, 0.5) is 0 Å². The Morgan fingerprint density at radius 1 is 1.12 bits per heavy atom. The summed E-state index contributed by atoms with van der Waals surface area (Å²) in [6, 6.07) is 14.7. The van der Waals surface area contributed by atoms with Gasteiger partial charge in [0.1, 0.15) is 11.8 Å². The highest BCUT2D eigenvalue weighted by Crippen LogP contribution is 2.37. The van der Waals surface area contributed by atoms with Crippen LogP contribution in [0, 0.1) is 20.8 Å². The van der Waals surface area contributed by atoms with Gasteiger partial charge in [0.15, 0.2) is 4.80 Å². The zero-order valence-electron chi connectivity index (χ0n) is 23.2. The second-order valence-corrected chi connectivity index (χ2v) is 11.1. The number of halogens is 1. The number of hydrogen-bond acceptors (Lipinski definition) is 6. The van der Waals surface area contributed by atoms with Crippen LogP contribution < -0.4 is 19.6 Å². The third-order valence-corrected chi connectivity index (χ3v) is 8.24. The van der Waals surface area contributed by atoms with Gasteiger partial charge in [0.05, 0.1) is 29.5 Å². The second kappa shape index (κ2) is 10.9. The van der Waals surface area contributed by atoms with E-state index in [1.165, 1.54) is 16.9 Å². The summed E-state index contributed by atoms with van der Waals surface area (Å²) in [4.78, 5) is 32.4. The van der Waals surface area contributed by atoms with Gasteiger partial charge in [-0.25, -0.2) is 9.79 Å². The summed E-state index contributed by atoms with van der Waals surface area (Å²) in [5.41, 5.74) is 6.33. The average Bonchev–Trinajstić information content (AvgIpc) is 3.37. The second-order valence-electron chi connectivity index (χ2n) is 9.69. The first-order chi connectivity index (χ1) is 19.1. The Bertz CT molecular complexity index is 1860. The van der Waals surface area contributed by atoms with E-state index in [-0.39, 0.29) is 17.7 Å². The van der Waals surface area contributed by atoms with Gasteiger partial charge in [-0.1, -0.05) is 35.1 Å². The van der Waals surface area contributed by atoms with E-state index in [0.29, 0.717) is 31.4 Å². The highest BCUT2D eigenvalue weighted by atomic mass is 35.5. The van der Waals surface area contributed by atoms with Crippen LogP contribution in [0.2, 0.25) is 5.02 Å². The molecule has 3 heterocycles. The van der Waals surface area contributed by atoms with Crippen LogP contribution in [0.15, 0.2) is 69.6 Å². The Morgan fingerprint density at radius 2 is 1.90 bits per heavy atom. The molecule has 0 fully saturated rings. The summed E-state index contributed by atoms with van der Waals surface area (Å²) in [7, 11) is 1.54. The molecule has 1 aliphatic heterocycles. The van der Waals surface area contributed by atoms with Gasteiger partial charge in [-0.2, -0.15) is 0 Å². The van der Waals surface area contributed by atoms with Crippen molar-refractivity contribution >= 4 is 35.0 Å². The maximum atomic E-state index is 14.1. The predicted molar refractivity (Wildman–Crippen MR) is 158 cm³/mol. The Hall–Kier alpha value is -3.88. The highest BCUT2D eigenvalue weighted by Gasteiger charge is 2.35. The molecule has 0 bridgehead atoms. The quantitative estimate of drug-likeness (QED) is 0.297. The lowest BCUT2D eigenvalue weighted by molar-refractivity contribution is -0.139. The number of ether oxygens (including phenoxy) is 2. The molecule has 2 aromatic heterocycles. The molecule has 0 unspecified atom stereocenters. The van der Waals surface area contributed by atoms with Crippen molar-refractivity contribution in [2.75, 3.05) is 13.7 Å². The summed E-state index contributed by atoms with van der Waals surface area (Å²) >= 11 is 7.67. The molecule has 4 aromatic rings. The molecule has 7 nitrogen and oxygen atoms in total. The van der Waals surface area contributed by atoms with Crippen molar-refractivity contribution in [3.63, 3.8) is 0 Å². The van der Waals surface area contributed by atoms with Gasteiger partial charge in [0.2, 0.25) is 0 Å². The average molecular weight is 576 g/mol. The van der Waals surface area contributed by atoms with E-state index in [2.05, 4.69) is 47.7 Å². The van der Waals surface area contributed by atoms with Crippen LogP contribution in [-0.2, 0) is 9.53 Å². The van der Waals surface area contributed by atoms with Crippen molar-refractivity contribution in [3.8, 4) is 11.4 Å². The van der Waals surface area contributed by atoms with Crippen LogP contribution in [-0.4, -0.2) is 28.8 Å². The number of allylic oxidation sites excluding steroid dienone is 1. The molecule has 0 spiro atoms. The fraction of sp³-hybridized carbons (Fsp3) is 0.258.